The number of hydrogen-bond acceptors (Lipinski definition) is 3. The van der Waals surface area contributed by atoms with Gasteiger partial charge in [0.25, 0.3) is 11.8 Å². The number of anilines is 1. The maximum Gasteiger partial charge on any atom is 0.319 e. The maximum atomic E-state index is 12.4. The third kappa shape index (κ3) is 3.55. The van der Waals surface area contributed by atoms with E-state index in [9.17, 15) is 14.4 Å². The molecule has 0 aromatic heterocycles. The van der Waals surface area contributed by atoms with Gasteiger partial charge in [0, 0.05) is 23.3 Å². The van der Waals surface area contributed by atoms with Gasteiger partial charge in [0.15, 0.2) is 0 Å². The Labute approximate surface area is 156 Å². The second-order valence-electron chi connectivity index (χ2n) is 6.27. The Kier molecular flexibility index (Phi) is 4.95. The zero-order valence-corrected chi connectivity index (χ0v) is 15.1. The van der Waals surface area contributed by atoms with E-state index in [-0.39, 0.29) is 17.9 Å². The van der Waals surface area contributed by atoms with Gasteiger partial charge in [-0.1, -0.05) is 23.7 Å². The van der Waals surface area contributed by atoms with E-state index >= 15 is 0 Å². The third-order valence-corrected chi connectivity index (χ3v) is 4.27. The highest BCUT2D eigenvalue weighted by atomic mass is 35.5. The van der Waals surface area contributed by atoms with Crippen LogP contribution in [0.3, 0.4) is 0 Å². The molecule has 0 atom stereocenters. The minimum absolute atomic E-state index is 0.222. The first-order valence-corrected chi connectivity index (χ1v) is 8.56. The summed E-state index contributed by atoms with van der Waals surface area (Å²) >= 11 is 5.91. The summed E-state index contributed by atoms with van der Waals surface area (Å²) < 4.78 is 0. The van der Waals surface area contributed by atoms with E-state index in [1.54, 1.807) is 44.2 Å². The van der Waals surface area contributed by atoms with Gasteiger partial charge in [-0.15, -0.1) is 0 Å². The van der Waals surface area contributed by atoms with Gasteiger partial charge in [-0.3, -0.25) is 14.5 Å². The monoisotopic (exact) mass is 371 g/mol. The standard InChI is InChI=1S/C19H18ClN3O3/c1-11(2)23-17(24)15-7-6-14(9-16(15)18(23)25)22-19(26)21-10-12-4-3-5-13(20)8-12/h3-9,11H,10H2,1-2H3,(H2,21,22,26). The van der Waals surface area contributed by atoms with Crippen molar-refractivity contribution in [2.45, 2.75) is 26.4 Å². The molecule has 0 radical (unpaired) electrons. The van der Waals surface area contributed by atoms with Crippen molar-refractivity contribution in [3.8, 4) is 0 Å². The van der Waals surface area contributed by atoms with Crippen LogP contribution in [-0.4, -0.2) is 28.8 Å². The molecule has 0 spiro atoms. The van der Waals surface area contributed by atoms with Gasteiger partial charge in [0.2, 0.25) is 0 Å². The largest absolute Gasteiger partial charge is 0.334 e. The molecule has 2 N–H and O–H groups in total. The van der Waals surface area contributed by atoms with E-state index < -0.39 is 6.03 Å². The molecule has 2 aromatic rings. The van der Waals surface area contributed by atoms with Crippen LogP contribution < -0.4 is 10.6 Å². The van der Waals surface area contributed by atoms with E-state index in [0.717, 1.165) is 5.56 Å². The van der Waals surface area contributed by atoms with Crippen LogP contribution in [0.1, 0.15) is 40.1 Å². The highest BCUT2D eigenvalue weighted by Crippen LogP contribution is 2.27. The van der Waals surface area contributed by atoms with Gasteiger partial charge in [0.1, 0.15) is 0 Å². The summed E-state index contributed by atoms with van der Waals surface area (Å²) in [5.41, 5.74) is 1.97. The number of urea groups is 1. The molecule has 0 saturated carbocycles. The maximum absolute atomic E-state index is 12.4. The lowest BCUT2D eigenvalue weighted by molar-refractivity contribution is 0.0609. The van der Waals surface area contributed by atoms with Crippen molar-refractivity contribution in [3.05, 3.63) is 64.2 Å². The number of nitrogens with one attached hydrogen (secondary N) is 2. The molecule has 134 valence electrons. The summed E-state index contributed by atoms with van der Waals surface area (Å²) in [6.07, 6.45) is 0. The van der Waals surface area contributed by atoms with Crippen molar-refractivity contribution in [1.82, 2.24) is 10.2 Å². The summed E-state index contributed by atoms with van der Waals surface area (Å²) in [4.78, 5) is 37.9. The number of halogens is 1. The van der Waals surface area contributed by atoms with Crippen molar-refractivity contribution in [3.63, 3.8) is 0 Å². The molecule has 0 aliphatic carbocycles. The topological polar surface area (TPSA) is 78.5 Å². The lowest BCUT2D eigenvalue weighted by Gasteiger charge is -2.17. The Bertz CT molecular complexity index is 895. The third-order valence-electron chi connectivity index (χ3n) is 4.03. The van der Waals surface area contributed by atoms with E-state index in [1.165, 1.54) is 11.0 Å². The molecule has 1 aliphatic rings. The molecule has 0 saturated heterocycles. The van der Waals surface area contributed by atoms with Crippen molar-refractivity contribution in [1.29, 1.82) is 0 Å². The van der Waals surface area contributed by atoms with Crippen LogP contribution in [0.25, 0.3) is 0 Å². The summed E-state index contributed by atoms with van der Waals surface area (Å²) in [6, 6.07) is 11.2. The number of fused-ring (bicyclic) bond motifs is 1. The fourth-order valence-corrected chi connectivity index (χ4v) is 3.02. The van der Waals surface area contributed by atoms with E-state index in [4.69, 9.17) is 11.6 Å². The average molecular weight is 372 g/mol. The first-order valence-electron chi connectivity index (χ1n) is 8.18. The highest BCUT2D eigenvalue weighted by Gasteiger charge is 2.37. The quantitative estimate of drug-likeness (QED) is 0.805. The average Bonchev–Trinajstić information content (AvgIpc) is 2.84. The Morgan fingerprint density at radius 1 is 1.08 bits per heavy atom. The van der Waals surface area contributed by atoms with Crippen LogP contribution in [-0.2, 0) is 6.54 Å². The van der Waals surface area contributed by atoms with Crippen LogP contribution in [0.15, 0.2) is 42.5 Å². The molecule has 1 aliphatic heterocycles. The highest BCUT2D eigenvalue weighted by molar-refractivity contribution is 6.30. The fourth-order valence-electron chi connectivity index (χ4n) is 2.81. The van der Waals surface area contributed by atoms with Gasteiger partial charge >= 0.3 is 6.03 Å². The number of hydrogen-bond donors (Lipinski definition) is 2. The van der Waals surface area contributed by atoms with Gasteiger partial charge in [-0.25, -0.2) is 4.79 Å². The van der Waals surface area contributed by atoms with Gasteiger partial charge in [-0.05, 0) is 49.7 Å². The van der Waals surface area contributed by atoms with Crippen molar-refractivity contribution in [2.75, 3.05) is 5.32 Å². The fraction of sp³-hybridized carbons (Fsp3) is 0.211. The Balaban J connectivity index is 1.68. The van der Waals surface area contributed by atoms with Crippen LogP contribution in [0.5, 0.6) is 0 Å². The van der Waals surface area contributed by atoms with Gasteiger partial charge < -0.3 is 10.6 Å². The Morgan fingerprint density at radius 2 is 1.81 bits per heavy atom. The predicted molar refractivity (Wildman–Crippen MR) is 99.4 cm³/mol. The predicted octanol–water partition coefficient (Wildman–Crippen LogP) is 3.67. The first kappa shape index (κ1) is 17.9. The van der Waals surface area contributed by atoms with E-state index in [1.807, 2.05) is 6.07 Å². The van der Waals surface area contributed by atoms with Crippen molar-refractivity contribution < 1.29 is 14.4 Å². The number of amides is 4. The normalized spacial score (nSPS) is 13.2. The van der Waals surface area contributed by atoms with Crippen LogP contribution >= 0.6 is 11.6 Å². The molecule has 2 aromatic carbocycles. The number of imide groups is 1. The molecule has 0 unspecified atom stereocenters. The number of nitrogens with zero attached hydrogens (tertiary/aromatic N) is 1. The smallest absolute Gasteiger partial charge is 0.319 e. The zero-order chi connectivity index (χ0) is 18.8. The van der Waals surface area contributed by atoms with Crippen LogP contribution in [0.2, 0.25) is 5.02 Å². The van der Waals surface area contributed by atoms with Crippen LogP contribution in [0.4, 0.5) is 10.5 Å². The lowest BCUT2D eigenvalue weighted by atomic mass is 10.1. The Hall–Kier alpha value is -2.86. The molecule has 0 bridgehead atoms. The molecular weight excluding hydrogens is 354 g/mol. The second-order valence-corrected chi connectivity index (χ2v) is 6.71. The summed E-state index contributed by atoms with van der Waals surface area (Å²) in [5, 5.41) is 5.99. The summed E-state index contributed by atoms with van der Waals surface area (Å²) in [7, 11) is 0. The second kappa shape index (κ2) is 7.17. The van der Waals surface area contributed by atoms with Crippen molar-refractivity contribution in [2.24, 2.45) is 0 Å². The molecule has 4 amide bonds. The number of rotatable bonds is 4. The van der Waals surface area contributed by atoms with Crippen molar-refractivity contribution >= 4 is 35.1 Å². The molecule has 0 fully saturated rings. The Morgan fingerprint density at radius 3 is 2.50 bits per heavy atom. The first-order chi connectivity index (χ1) is 12.4. The molecular formula is C19H18ClN3O3. The molecule has 7 heteroatoms. The SMILES string of the molecule is CC(C)N1C(=O)c2ccc(NC(=O)NCc3cccc(Cl)c3)cc2C1=O. The summed E-state index contributed by atoms with van der Waals surface area (Å²) in [5.74, 6) is -0.653. The molecule has 1 heterocycles. The lowest BCUT2D eigenvalue weighted by Crippen LogP contribution is -2.35. The molecule has 3 rings (SSSR count). The number of benzene rings is 2. The van der Waals surface area contributed by atoms with Crippen LogP contribution in [0, 0.1) is 0 Å². The summed E-state index contributed by atoms with van der Waals surface area (Å²) in [6.45, 7) is 3.88. The van der Waals surface area contributed by atoms with E-state index in [2.05, 4.69) is 10.6 Å². The van der Waals surface area contributed by atoms with Gasteiger partial charge in [0.05, 0.1) is 11.1 Å². The molecule has 6 nitrogen and oxygen atoms in total. The van der Waals surface area contributed by atoms with Gasteiger partial charge in [-0.2, -0.15) is 0 Å². The number of carbonyl (C=O) groups excluding carboxylic acids is 3. The zero-order valence-electron chi connectivity index (χ0n) is 14.4. The number of carbonyl (C=O) groups is 3. The minimum atomic E-state index is -0.414. The minimum Gasteiger partial charge on any atom is -0.334 e. The van der Waals surface area contributed by atoms with E-state index in [0.29, 0.717) is 28.4 Å². The molecule has 26 heavy (non-hydrogen) atoms.